The lowest BCUT2D eigenvalue weighted by molar-refractivity contribution is 0.702. The van der Waals surface area contributed by atoms with Gasteiger partial charge in [0.2, 0.25) is 0 Å². The molecule has 0 amide bonds. The fourth-order valence-corrected chi connectivity index (χ4v) is 2.06. The summed E-state index contributed by atoms with van der Waals surface area (Å²) in [6.45, 7) is 4.85. The molecule has 2 N–H and O–H groups in total. The van der Waals surface area contributed by atoms with E-state index in [1.807, 2.05) is 6.92 Å². The Morgan fingerprint density at radius 3 is 3.25 bits per heavy atom. The first-order valence-corrected chi connectivity index (χ1v) is 5.87. The van der Waals surface area contributed by atoms with Crippen molar-refractivity contribution in [3.63, 3.8) is 0 Å². The summed E-state index contributed by atoms with van der Waals surface area (Å²) in [7, 11) is 0. The van der Waals surface area contributed by atoms with Crippen LogP contribution in [0.15, 0.2) is 18.2 Å². The number of nitrogens with one attached hydrogen (secondary N) is 2. The van der Waals surface area contributed by atoms with Crippen LogP contribution < -0.4 is 10.6 Å². The Balaban J connectivity index is 1.89. The molecular weight excluding hydrogens is 196 g/mol. The van der Waals surface area contributed by atoms with E-state index in [-0.39, 0.29) is 0 Å². The molecule has 2 heteroatoms. The maximum Gasteiger partial charge on any atom is 0.0419 e. The number of hydrogen-bond acceptors (Lipinski definition) is 2. The molecule has 0 bridgehead atoms. The van der Waals surface area contributed by atoms with Crippen molar-refractivity contribution in [1.82, 2.24) is 5.32 Å². The Hall–Kier alpha value is -1.46. The van der Waals surface area contributed by atoms with Gasteiger partial charge in [0.1, 0.15) is 0 Å². The zero-order valence-electron chi connectivity index (χ0n) is 9.77. The van der Waals surface area contributed by atoms with Gasteiger partial charge in [0.25, 0.3) is 0 Å². The Kier molecular flexibility index (Phi) is 3.85. The molecule has 0 spiro atoms. The number of para-hydroxylation sites is 1. The highest BCUT2D eigenvalue weighted by Gasteiger charge is 2.12. The van der Waals surface area contributed by atoms with E-state index in [1.165, 1.54) is 16.8 Å². The van der Waals surface area contributed by atoms with E-state index in [2.05, 4.69) is 40.7 Å². The molecule has 0 aromatic heterocycles. The summed E-state index contributed by atoms with van der Waals surface area (Å²) in [6, 6.07) is 6.55. The van der Waals surface area contributed by atoms with Gasteiger partial charge in [-0.3, -0.25) is 0 Å². The van der Waals surface area contributed by atoms with Crippen LogP contribution in [0.1, 0.15) is 24.5 Å². The van der Waals surface area contributed by atoms with Crippen LogP contribution >= 0.6 is 0 Å². The van der Waals surface area contributed by atoms with E-state index in [4.69, 9.17) is 0 Å². The SMILES string of the molecule is CC#CCCNCc1cccc2c1NCC2. The number of hydrogen-bond donors (Lipinski definition) is 2. The summed E-state index contributed by atoms with van der Waals surface area (Å²) in [6.07, 6.45) is 2.09. The lowest BCUT2D eigenvalue weighted by atomic mass is 10.1. The third-order valence-corrected chi connectivity index (χ3v) is 2.85. The summed E-state index contributed by atoms with van der Waals surface area (Å²) in [4.78, 5) is 0. The van der Waals surface area contributed by atoms with E-state index >= 15 is 0 Å². The van der Waals surface area contributed by atoms with E-state index < -0.39 is 0 Å². The van der Waals surface area contributed by atoms with Gasteiger partial charge in [-0.25, -0.2) is 0 Å². The fraction of sp³-hybridized carbons (Fsp3) is 0.429. The molecule has 2 rings (SSSR count). The maximum absolute atomic E-state index is 3.45. The molecule has 2 nitrogen and oxygen atoms in total. The highest BCUT2D eigenvalue weighted by atomic mass is 14.9. The maximum atomic E-state index is 3.45. The quantitative estimate of drug-likeness (QED) is 0.593. The van der Waals surface area contributed by atoms with Crippen molar-refractivity contribution in [3.8, 4) is 11.8 Å². The van der Waals surface area contributed by atoms with Gasteiger partial charge < -0.3 is 10.6 Å². The van der Waals surface area contributed by atoms with Crippen molar-refractivity contribution in [1.29, 1.82) is 0 Å². The van der Waals surface area contributed by atoms with E-state index in [1.54, 1.807) is 0 Å². The highest BCUT2D eigenvalue weighted by molar-refractivity contribution is 5.61. The van der Waals surface area contributed by atoms with Crippen LogP contribution in [0.4, 0.5) is 5.69 Å². The predicted octanol–water partition coefficient (Wildman–Crippen LogP) is 2.16. The highest BCUT2D eigenvalue weighted by Crippen LogP contribution is 2.25. The summed E-state index contributed by atoms with van der Waals surface area (Å²) >= 11 is 0. The van der Waals surface area contributed by atoms with Crippen LogP contribution in [-0.4, -0.2) is 13.1 Å². The fourth-order valence-electron chi connectivity index (χ4n) is 2.06. The minimum absolute atomic E-state index is 0.930. The van der Waals surface area contributed by atoms with Gasteiger partial charge in [-0.2, -0.15) is 0 Å². The second-order valence-corrected chi connectivity index (χ2v) is 3.98. The van der Waals surface area contributed by atoms with Crippen LogP contribution in [-0.2, 0) is 13.0 Å². The first-order valence-electron chi connectivity index (χ1n) is 5.87. The molecule has 1 aromatic rings. The van der Waals surface area contributed by atoms with Crippen molar-refractivity contribution in [3.05, 3.63) is 29.3 Å². The Bertz CT molecular complexity index is 412. The zero-order valence-corrected chi connectivity index (χ0v) is 9.77. The summed E-state index contributed by atoms with van der Waals surface area (Å²) in [5, 5.41) is 6.88. The summed E-state index contributed by atoms with van der Waals surface area (Å²) < 4.78 is 0. The molecule has 1 aliphatic heterocycles. The molecule has 0 radical (unpaired) electrons. The largest absolute Gasteiger partial charge is 0.384 e. The Morgan fingerprint density at radius 1 is 1.44 bits per heavy atom. The van der Waals surface area contributed by atoms with Crippen LogP contribution in [0.2, 0.25) is 0 Å². The van der Waals surface area contributed by atoms with Crippen molar-refractivity contribution >= 4 is 5.69 Å². The minimum atomic E-state index is 0.930. The molecule has 16 heavy (non-hydrogen) atoms. The number of rotatable bonds is 4. The lowest BCUT2D eigenvalue weighted by Crippen LogP contribution is -2.15. The predicted molar refractivity (Wildman–Crippen MR) is 68.4 cm³/mol. The van der Waals surface area contributed by atoms with Crippen molar-refractivity contribution in [2.24, 2.45) is 0 Å². The van der Waals surface area contributed by atoms with E-state index in [0.717, 1.165) is 32.5 Å². The molecule has 0 saturated carbocycles. The molecule has 0 atom stereocenters. The smallest absolute Gasteiger partial charge is 0.0419 e. The zero-order chi connectivity index (χ0) is 11.2. The van der Waals surface area contributed by atoms with Gasteiger partial charge in [0, 0.05) is 31.7 Å². The molecule has 0 fully saturated rings. The first-order chi connectivity index (χ1) is 7.92. The molecular formula is C14H18N2. The molecule has 1 aliphatic rings. The average Bonchev–Trinajstić information content (AvgIpc) is 2.77. The number of benzene rings is 1. The molecule has 84 valence electrons. The average molecular weight is 214 g/mol. The van der Waals surface area contributed by atoms with Crippen molar-refractivity contribution in [2.45, 2.75) is 26.3 Å². The molecule has 0 saturated heterocycles. The molecule has 1 aromatic carbocycles. The van der Waals surface area contributed by atoms with Crippen molar-refractivity contribution < 1.29 is 0 Å². The third kappa shape index (κ3) is 2.56. The summed E-state index contributed by atoms with van der Waals surface area (Å²) in [5.74, 6) is 5.96. The van der Waals surface area contributed by atoms with E-state index in [9.17, 15) is 0 Å². The third-order valence-electron chi connectivity index (χ3n) is 2.85. The second kappa shape index (κ2) is 5.58. The Labute approximate surface area is 97.4 Å². The normalized spacial score (nSPS) is 12.6. The van der Waals surface area contributed by atoms with E-state index in [0.29, 0.717) is 0 Å². The number of anilines is 1. The Morgan fingerprint density at radius 2 is 2.38 bits per heavy atom. The van der Waals surface area contributed by atoms with Crippen LogP contribution in [0.5, 0.6) is 0 Å². The van der Waals surface area contributed by atoms with Gasteiger partial charge in [-0.05, 0) is 24.5 Å². The van der Waals surface area contributed by atoms with Crippen LogP contribution in [0.25, 0.3) is 0 Å². The molecule has 0 aliphatic carbocycles. The molecule has 1 heterocycles. The van der Waals surface area contributed by atoms with Crippen LogP contribution in [0, 0.1) is 11.8 Å². The van der Waals surface area contributed by atoms with Gasteiger partial charge >= 0.3 is 0 Å². The van der Waals surface area contributed by atoms with Gasteiger partial charge in [0.15, 0.2) is 0 Å². The van der Waals surface area contributed by atoms with Gasteiger partial charge in [0.05, 0.1) is 0 Å². The second-order valence-electron chi connectivity index (χ2n) is 3.98. The van der Waals surface area contributed by atoms with Gasteiger partial charge in [-0.1, -0.05) is 18.2 Å². The summed E-state index contributed by atoms with van der Waals surface area (Å²) in [5.41, 5.74) is 4.17. The molecule has 0 unspecified atom stereocenters. The minimum Gasteiger partial charge on any atom is -0.384 e. The topological polar surface area (TPSA) is 24.1 Å². The first kappa shape index (κ1) is 11.0. The number of fused-ring (bicyclic) bond motifs is 1. The van der Waals surface area contributed by atoms with Gasteiger partial charge in [-0.15, -0.1) is 11.8 Å². The van der Waals surface area contributed by atoms with Crippen molar-refractivity contribution in [2.75, 3.05) is 18.4 Å². The monoisotopic (exact) mass is 214 g/mol. The van der Waals surface area contributed by atoms with Crippen LogP contribution in [0.3, 0.4) is 0 Å². The lowest BCUT2D eigenvalue weighted by Gasteiger charge is -2.09. The standard InChI is InChI=1S/C14H18N2/c1-2-3-4-9-15-11-13-7-5-6-12-8-10-16-14(12)13/h5-7,15-16H,4,8-11H2,1H3.